The molecule has 2 heterocycles. The lowest BCUT2D eigenvalue weighted by molar-refractivity contribution is 0.105. The minimum absolute atomic E-state index is 0.113. The van der Waals surface area contributed by atoms with E-state index in [0.29, 0.717) is 24.0 Å². The summed E-state index contributed by atoms with van der Waals surface area (Å²) in [5.74, 6) is 1.05. The fourth-order valence-electron chi connectivity index (χ4n) is 2.06. The SMILES string of the molecule is CCCOc1ncnc(NC2(C)CCOC2C)c1N. The Morgan fingerprint density at radius 3 is 3.00 bits per heavy atom. The molecule has 19 heavy (non-hydrogen) atoms. The summed E-state index contributed by atoms with van der Waals surface area (Å²) in [4.78, 5) is 8.27. The fraction of sp³-hybridized carbons (Fsp3) is 0.692. The van der Waals surface area contributed by atoms with Gasteiger partial charge in [0.05, 0.1) is 18.2 Å². The number of hydrogen-bond donors (Lipinski definition) is 2. The number of aromatic nitrogens is 2. The van der Waals surface area contributed by atoms with Gasteiger partial charge in [-0.05, 0) is 26.7 Å². The lowest BCUT2D eigenvalue weighted by Crippen LogP contribution is -2.41. The van der Waals surface area contributed by atoms with E-state index in [1.54, 1.807) is 0 Å². The third kappa shape index (κ3) is 2.89. The molecule has 6 heteroatoms. The molecule has 2 unspecified atom stereocenters. The summed E-state index contributed by atoms with van der Waals surface area (Å²) in [6.07, 6.45) is 3.41. The van der Waals surface area contributed by atoms with Crippen molar-refractivity contribution in [3.8, 4) is 5.88 Å². The average Bonchev–Trinajstić information content (AvgIpc) is 2.71. The van der Waals surface area contributed by atoms with Crippen LogP contribution in [0.1, 0.15) is 33.6 Å². The van der Waals surface area contributed by atoms with Crippen LogP contribution in [0.15, 0.2) is 6.33 Å². The number of nitrogens with one attached hydrogen (secondary N) is 1. The number of hydrogen-bond acceptors (Lipinski definition) is 6. The van der Waals surface area contributed by atoms with Crippen molar-refractivity contribution in [1.82, 2.24) is 9.97 Å². The summed E-state index contributed by atoms with van der Waals surface area (Å²) in [6.45, 7) is 7.53. The highest BCUT2D eigenvalue weighted by molar-refractivity contribution is 5.67. The Bertz CT molecular complexity index is 441. The van der Waals surface area contributed by atoms with Gasteiger partial charge >= 0.3 is 0 Å². The summed E-state index contributed by atoms with van der Waals surface area (Å²) >= 11 is 0. The van der Waals surface area contributed by atoms with Crippen molar-refractivity contribution in [2.24, 2.45) is 0 Å². The predicted molar refractivity (Wildman–Crippen MR) is 74.3 cm³/mol. The molecule has 2 atom stereocenters. The van der Waals surface area contributed by atoms with Gasteiger partial charge in [0.15, 0.2) is 5.82 Å². The maximum atomic E-state index is 6.05. The maximum absolute atomic E-state index is 6.05. The quantitative estimate of drug-likeness (QED) is 0.846. The molecule has 0 bridgehead atoms. The molecular weight excluding hydrogens is 244 g/mol. The molecule has 2 rings (SSSR count). The highest BCUT2D eigenvalue weighted by Crippen LogP contribution is 2.33. The van der Waals surface area contributed by atoms with Crippen molar-refractivity contribution in [2.75, 3.05) is 24.3 Å². The molecule has 1 saturated heterocycles. The number of rotatable bonds is 5. The van der Waals surface area contributed by atoms with E-state index in [1.165, 1.54) is 6.33 Å². The van der Waals surface area contributed by atoms with Crippen LogP contribution in [0.25, 0.3) is 0 Å². The monoisotopic (exact) mass is 266 g/mol. The van der Waals surface area contributed by atoms with Crippen molar-refractivity contribution in [1.29, 1.82) is 0 Å². The molecule has 1 aliphatic rings. The zero-order chi connectivity index (χ0) is 13.9. The molecule has 1 aromatic heterocycles. The lowest BCUT2D eigenvalue weighted by Gasteiger charge is -2.30. The van der Waals surface area contributed by atoms with Crippen molar-refractivity contribution in [3.05, 3.63) is 6.33 Å². The average molecular weight is 266 g/mol. The lowest BCUT2D eigenvalue weighted by atomic mass is 9.95. The maximum Gasteiger partial charge on any atom is 0.242 e. The first-order valence-corrected chi connectivity index (χ1v) is 6.70. The minimum atomic E-state index is -0.162. The van der Waals surface area contributed by atoms with Gasteiger partial charge in [0, 0.05) is 6.61 Å². The van der Waals surface area contributed by atoms with E-state index in [2.05, 4.69) is 22.2 Å². The molecule has 1 aromatic rings. The number of ether oxygens (including phenoxy) is 2. The fourth-order valence-corrected chi connectivity index (χ4v) is 2.06. The Hall–Kier alpha value is -1.56. The van der Waals surface area contributed by atoms with Crippen LogP contribution in [0.5, 0.6) is 5.88 Å². The molecule has 0 saturated carbocycles. The van der Waals surface area contributed by atoms with Crippen LogP contribution in [0.2, 0.25) is 0 Å². The molecule has 6 nitrogen and oxygen atoms in total. The second kappa shape index (κ2) is 5.61. The molecule has 0 amide bonds. The van der Waals surface area contributed by atoms with Gasteiger partial charge in [-0.3, -0.25) is 0 Å². The van der Waals surface area contributed by atoms with E-state index < -0.39 is 0 Å². The van der Waals surface area contributed by atoms with Crippen molar-refractivity contribution >= 4 is 11.5 Å². The van der Waals surface area contributed by atoms with Gasteiger partial charge in [0.25, 0.3) is 0 Å². The molecule has 0 spiro atoms. The van der Waals surface area contributed by atoms with Gasteiger partial charge in [-0.15, -0.1) is 0 Å². The van der Waals surface area contributed by atoms with Gasteiger partial charge in [0.1, 0.15) is 12.0 Å². The van der Waals surface area contributed by atoms with Crippen LogP contribution in [0, 0.1) is 0 Å². The minimum Gasteiger partial charge on any atom is -0.476 e. The van der Waals surface area contributed by atoms with Gasteiger partial charge in [-0.2, -0.15) is 4.98 Å². The molecule has 1 aliphatic heterocycles. The molecular formula is C13H22N4O2. The molecule has 0 radical (unpaired) electrons. The third-order valence-electron chi connectivity index (χ3n) is 3.58. The summed E-state index contributed by atoms with van der Waals surface area (Å²) < 4.78 is 11.1. The summed E-state index contributed by atoms with van der Waals surface area (Å²) in [6, 6.07) is 0. The molecule has 0 aromatic carbocycles. The van der Waals surface area contributed by atoms with Gasteiger partial charge in [0.2, 0.25) is 5.88 Å². The van der Waals surface area contributed by atoms with Crippen LogP contribution >= 0.6 is 0 Å². The number of nitrogens with two attached hydrogens (primary N) is 1. The Morgan fingerprint density at radius 2 is 2.37 bits per heavy atom. The van der Waals surface area contributed by atoms with E-state index in [9.17, 15) is 0 Å². The van der Waals surface area contributed by atoms with Crippen LogP contribution < -0.4 is 15.8 Å². The van der Waals surface area contributed by atoms with E-state index in [-0.39, 0.29) is 11.6 Å². The third-order valence-corrected chi connectivity index (χ3v) is 3.58. The van der Waals surface area contributed by atoms with Crippen LogP contribution in [0.3, 0.4) is 0 Å². The number of nitrogen functional groups attached to an aromatic ring is 1. The van der Waals surface area contributed by atoms with Crippen LogP contribution in [-0.2, 0) is 4.74 Å². The molecule has 1 fully saturated rings. The summed E-state index contributed by atoms with van der Waals surface area (Å²) in [5.41, 5.74) is 6.35. The second-order valence-corrected chi connectivity index (χ2v) is 5.10. The van der Waals surface area contributed by atoms with Gasteiger partial charge in [-0.1, -0.05) is 6.92 Å². The molecule has 3 N–H and O–H groups in total. The van der Waals surface area contributed by atoms with Gasteiger partial charge < -0.3 is 20.5 Å². The standard InChI is InChI=1S/C13H22N4O2/c1-4-6-19-12-10(14)11(15-8-16-12)17-13(3)5-7-18-9(13)2/h8-9H,4-7,14H2,1-3H3,(H,15,16,17). The first-order valence-electron chi connectivity index (χ1n) is 6.70. The van der Waals surface area contributed by atoms with Gasteiger partial charge in [-0.25, -0.2) is 4.98 Å². The van der Waals surface area contributed by atoms with Crippen LogP contribution in [-0.4, -0.2) is 34.8 Å². The van der Waals surface area contributed by atoms with Crippen molar-refractivity contribution in [2.45, 2.75) is 45.3 Å². The smallest absolute Gasteiger partial charge is 0.242 e. The Balaban J connectivity index is 2.16. The number of nitrogens with zero attached hydrogens (tertiary/aromatic N) is 2. The Morgan fingerprint density at radius 1 is 1.58 bits per heavy atom. The largest absolute Gasteiger partial charge is 0.476 e. The van der Waals surface area contributed by atoms with Crippen molar-refractivity contribution < 1.29 is 9.47 Å². The Kier molecular flexibility index (Phi) is 4.09. The Labute approximate surface area is 113 Å². The molecule has 106 valence electrons. The zero-order valence-electron chi connectivity index (χ0n) is 11.8. The second-order valence-electron chi connectivity index (χ2n) is 5.10. The normalized spacial score (nSPS) is 26.4. The predicted octanol–water partition coefficient (Wildman–Crippen LogP) is 1.83. The zero-order valence-corrected chi connectivity index (χ0v) is 11.8. The highest BCUT2D eigenvalue weighted by atomic mass is 16.5. The summed E-state index contributed by atoms with van der Waals surface area (Å²) in [5, 5.41) is 3.37. The first-order chi connectivity index (χ1) is 9.07. The van der Waals surface area contributed by atoms with Crippen molar-refractivity contribution in [3.63, 3.8) is 0 Å². The molecule has 0 aliphatic carbocycles. The topological polar surface area (TPSA) is 82.3 Å². The van der Waals surface area contributed by atoms with E-state index in [4.69, 9.17) is 15.2 Å². The number of anilines is 2. The first kappa shape index (κ1) is 13.9. The van der Waals surface area contributed by atoms with E-state index >= 15 is 0 Å². The van der Waals surface area contributed by atoms with Crippen LogP contribution in [0.4, 0.5) is 11.5 Å². The highest BCUT2D eigenvalue weighted by Gasteiger charge is 2.37. The van der Waals surface area contributed by atoms with E-state index in [0.717, 1.165) is 19.4 Å². The summed E-state index contributed by atoms with van der Waals surface area (Å²) in [7, 11) is 0. The van der Waals surface area contributed by atoms with E-state index in [1.807, 2.05) is 13.8 Å².